The summed E-state index contributed by atoms with van der Waals surface area (Å²) < 4.78 is 2.04. The third-order valence-electron chi connectivity index (χ3n) is 3.92. The minimum Gasteiger partial charge on any atom is -0.354 e. The van der Waals surface area contributed by atoms with Gasteiger partial charge in [0.2, 0.25) is 0 Å². The normalized spacial score (nSPS) is 18.5. The molecule has 21 heavy (non-hydrogen) atoms. The number of fused-ring (bicyclic) bond motifs is 1. The first-order valence-electron chi connectivity index (χ1n) is 7.15. The Labute approximate surface area is 122 Å². The number of hydrogen-bond acceptors (Lipinski definition) is 5. The molecule has 3 aromatic rings. The van der Waals surface area contributed by atoms with Crippen molar-refractivity contribution in [1.29, 1.82) is 0 Å². The number of nitrogens with zero attached hydrogens (tertiary/aromatic N) is 6. The standard InChI is InChI=1S/C15H16N6/c1-11-18-14-13(4-2-6-16-14)15(19-11)20-9-5-12(10-20)21-8-3-7-17-21/h2-4,6-8,12H,5,9-10H2,1H3. The van der Waals surface area contributed by atoms with Crippen molar-refractivity contribution >= 4 is 16.9 Å². The van der Waals surface area contributed by atoms with Crippen LogP contribution in [0.2, 0.25) is 0 Å². The van der Waals surface area contributed by atoms with Gasteiger partial charge in [-0.15, -0.1) is 0 Å². The molecule has 0 bridgehead atoms. The first-order chi connectivity index (χ1) is 10.3. The molecule has 0 saturated carbocycles. The van der Waals surface area contributed by atoms with E-state index in [0.29, 0.717) is 6.04 Å². The molecule has 6 heteroatoms. The maximum absolute atomic E-state index is 4.64. The third-order valence-corrected chi connectivity index (χ3v) is 3.92. The smallest absolute Gasteiger partial charge is 0.164 e. The van der Waals surface area contributed by atoms with Crippen LogP contribution in [0, 0.1) is 6.92 Å². The average Bonchev–Trinajstić information content (AvgIpc) is 3.17. The Kier molecular flexibility index (Phi) is 2.80. The molecule has 1 saturated heterocycles. The number of pyridine rings is 1. The monoisotopic (exact) mass is 280 g/mol. The van der Waals surface area contributed by atoms with Gasteiger partial charge in [0.1, 0.15) is 11.6 Å². The molecule has 1 aliphatic rings. The van der Waals surface area contributed by atoms with Crippen molar-refractivity contribution in [3.05, 3.63) is 42.6 Å². The summed E-state index contributed by atoms with van der Waals surface area (Å²) in [6.45, 7) is 3.81. The highest BCUT2D eigenvalue weighted by atomic mass is 15.3. The number of hydrogen-bond donors (Lipinski definition) is 0. The highest BCUT2D eigenvalue weighted by Gasteiger charge is 2.26. The lowest BCUT2D eigenvalue weighted by Crippen LogP contribution is -2.23. The fraction of sp³-hybridized carbons (Fsp3) is 0.333. The Morgan fingerprint density at radius 1 is 1.19 bits per heavy atom. The molecule has 3 aromatic heterocycles. The van der Waals surface area contributed by atoms with Gasteiger partial charge in [-0.05, 0) is 31.5 Å². The summed E-state index contributed by atoms with van der Waals surface area (Å²) in [5.74, 6) is 1.75. The number of aromatic nitrogens is 5. The Hall–Kier alpha value is -2.50. The van der Waals surface area contributed by atoms with Crippen LogP contribution in [0.3, 0.4) is 0 Å². The summed E-state index contributed by atoms with van der Waals surface area (Å²) in [4.78, 5) is 15.7. The highest BCUT2D eigenvalue weighted by Crippen LogP contribution is 2.29. The zero-order valence-corrected chi connectivity index (χ0v) is 11.8. The van der Waals surface area contributed by atoms with Crippen molar-refractivity contribution in [2.45, 2.75) is 19.4 Å². The molecular weight excluding hydrogens is 264 g/mol. The molecule has 0 N–H and O–H groups in total. The second kappa shape index (κ2) is 4.80. The topological polar surface area (TPSA) is 59.7 Å². The molecule has 106 valence electrons. The van der Waals surface area contributed by atoms with Crippen molar-refractivity contribution in [1.82, 2.24) is 24.7 Å². The van der Waals surface area contributed by atoms with Crippen molar-refractivity contribution < 1.29 is 0 Å². The molecule has 4 rings (SSSR count). The van der Waals surface area contributed by atoms with Crippen LogP contribution in [-0.4, -0.2) is 37.8 Å². The minimum absolute atomic E-state index is 0.405. The van der Waals surface area contributed by atoms with Crippen molar-refractivity contribution in [3.8, 4) is 0 Å². The summed E-state index contributed by atoms with van der Waals surface area (Å²) in [7, 11) is 0. The maximum Gasteiger partial charge on any atom is 0.164 e. The van der Waals surface area contributed by atoms with Gasteiger partial charge in [-0.1, -0.05) is 0 Å². The Morgan fingerprint density at radius 3 is 3.00 bits per heavy atom. The van der Waals surface area contributed by atoms with E-state index in [4.69, 9.17) is 0 Å². The fourth-order valence-corrected chi connectivity index (χ4v) is 2.94. The van der Waals surface area contributed by atoms with Gasteiger partial charge in [0.05, 0.1) is 11.4 Å². The molecule has 0 aromatic carbocycles. The number of rotatable bonds is 2. The molecule has 1 fully saturated rings. The summed E-state index contributed by atoms with van der Waals surface area (Å²) >= 11 is 0. The molecule has 1 atom stereocenters. The highest BCUT2D eigenvalue weighted by molar-refractivity contribution is 5.86. The molecule has 6 nitrogen and oxygen atoms in total. The van der Waals surface area contributed by atoms with Gasteiger partial charge in [-0.3, -0.25) is 4.68 Å². The summed E-state index contributed by atoms with van der Waals surface area (Å²) in [5, 5.41) is 5.37. The van der Waals surface area contributed by atoms with Gasteiger partial charge in [0.15, 0.2) is 5.65 Å². The predicted molar refractivity (Wildman–Crippen MR) is 80.2 cm³/mol. The second-order valence-corrected chi connectivity index (χ2v) is 5.34. The summed E-state index contributed by atoms with van der Waals surface area (Å²) in [5.41, 5.74) is 0.766. The van der Waals surface area contributed by atoms with Gasteiger partial charge >= 0.3 is 0 Å². The van der Waals surface area contributed by atoms with Crippen LogP contribution in [0.4, 0.5) is 5.82 Å². The quantitative estimate of drug-likeness (QED) is 0.718. The first kappa shape index (κ1) is 12.3. The van der Waals surface area contributed by atoms with Crippen LogP contribution in [0.15, 0.2) is 36.8 Å². The van der Waals surface area contributed by atoms with Crippen molar-refractivity contribution in [2.24, 2.45) is 0 Å². The lowest BCUT2D eigenvalue weighted by atomic mass is 10.3. The van der Waals surface area contributed by atoms with Crippen LogP contribution in [0.5, 0.6) is 0 Å². The van der Waals surface area contributed by atoms with Crippen LogP contribution < -0.4 is 4.90 Å². The average molecular weight is 280 g/mol. The molecule has 4 heterocycles. The number of anilines is 1. The van der Waals surface area contributed by atoms with E-state index < -0.39 is 0 Å². The van der Waals surface area contributed by atoms with E-state index in [2.05, 4.69) is 25.0 Å². The van der Waals surface area contributed by atoms with Crippen LogP contribution in [-0.2, 0) is 0 Å². The van der Waals surface area contributed by atoms with Crippen molar-refractivity contribution in [2.75, 3.05) is 18.0 Å². The third kappa shape index (κ3) is 2.12. The molecule has 0 amide bonds. The largest absolute Gasteiger partial charge is 0.354 e. The Morgan fingerprint density at radius 2 is 2.14 bits per heavy atom. The minimum atomic E-state index is 0.405. The van der Waals surface area contributed by atoms with Gasteiger partial charge < -0.3 is 4.90 Å². The molecule has 1 aliphatic heterocycles. The number of aryl methyl sites for hydroxylation is 1. The maximum atomic E-state index is 4.64. The van der Waals surface area contributed by atoms with Crippen molar-refractivity contribution in [3.63, 3.8) is 0 Å². The van der Waals surface area contributed by atoms with Gasteiger partial charge in [-0.2, -0.15) is 5.10 Å². The first-order valence-corrected chi connectivity index (χ1v) is 7.15. The van der Waals surface area contributed by atoms with Gasteiger partial charge in [0.25, 0.3) is 0 Å². The lowest BCUT2D eigenvalue weighted by Gasteiger charge is -2.19. The van der Waals surface area contributed by atoms with Gasteiger partial charge in [0, 0.05) is 31.7 Å². The van der Waals surface area contributed by atoms with Crippen LogP contribution in [0.1, 0.15) is 18.3 Å². The van der Waals surface area contributed by atoms with E-state index >= 15 is 0 Å². The SMILES string of the molecule is Cc1nc(N2CCC(n3cccn3)C2)c2cccnc2n1. The molecule has 0 spiro atoms. The molecule has 1 unspecified atom stereocenters. The van der Waals surface area contributed by atoms with E-state index in [1.54, 1.807) is 6.20 Å². The van der Waals surface area contributed by atoms with E-state index in [-0.39, 0.29) is 0 Å². The predicted octanol–water partition coefficient (Wildman–Crippen LogP) is 1.98. The second-order valence-electron chi connectivity index (χ2n) is 5.34. The zero-order chi connectivity index (χ0) is 14.2. The fourth-order valence-electron chi connectivity index (χ4n) is 2.94. The summed E-state index contributed by atoms with van der Waals surface area (Å²) in [6.07, 6.45) is 6.71. The van der Waals surface area contributed by atoms with Gasteiger partial charge in [-0.25, -0.2) is 15.0 Å². The Balaban J connectivity index is 1.71. The molecule has 0 radical (unpaired) electrons. The van der Waals surface area contributed by atoms with E-state index in [1.807, 2.05) is 42.2 Å². The van der Waals surface area contributed by atoms with Crippen LogP contribution >= 0.6 is 0 Å². The Bertz CT molecular complexity index is 767. The molecular formula is C15H16N6. The lowest BCUT2D eigenvalue weighted by molar-refractivity contribution is 0.494. The molecule has 0 aliphatic carbocycles. The summed E-state index contributed by atoms with van der Waals surface area (Å²) in [6, 6.07) is 6.35. The van der Waals surface area contributed by atoms with E-state index in [0.717, 1.165) is 42.2 Å². The van der Waals surface area contributed by atoms with E-state index in [9.17, 15) is 0 Å². The van der Waals surface area contributed by atoms with E-state index in [1.165, 1.54) is 0 Å². The zero-order valence-electron chi connectivity index (χ0n) is 11.8. The van der Waals surface area contributed by atoms with Crippen LogP contribution in [0.25, 0.3) is 11.0 Å².